The van der Waals surface area contributed by atoms with Crippen LogP contribution in [0.4, 0.5) is 0 Å². The van der Waals surface area contributed by atoms with Crippen LogP contribution in [0.15, 0.2) is 42.5 Å². The molecule has 1 spiro atoms. The van der Waals surface area contributed by atoms with Gasteiger partial charge in [-0.1, -0.05) is 67.6 Å². The predicted octanol–water partition coefficient (Wildman–Crippen LogP) is 4.98. The summed E-state index contributed by atoms with van der Waals surface area (Å²) in [6.07, 6.45) is 5.26. The molecule has 2 aliphatic rings. The first-order chi connectivity index (χ1) is 13.0. The fraction of sp³-hybridized carbons (Fsp3) is 0.435. The summed E-state index contributed by atoms with van der Waals surface area (Å²) in [4.78, 5) is 13.5. The number of halogens is 1. The number of hydrogen-bond donors (Lipinski definition) is 2. The molecule has 27 heavy (non-hydrogen) atoms. The average molecular weight is 384 g/mol. The quantitative estimate of drug-likeness (QED) is 0.768. The molecular weight excluding hydrogens is 358 g/mol. The van der Waals surface area contributed by atoms with Crippen LogP contribution in [0.3, 0.4) is 0 Å². The Morgan fingerprint density at radius 1 is 1.00 bits per heavy atom. The summed E-state index contributed by atoms with van der Waals surface area (Å²) in [5.41, 5.74) is 3.50. The Morgan fingerprint density at radius 3 is 2.30 bits per heavy atom. The lowest BCUT2D eigenvalue weighted by Crippen LogP contribution is -2.46. The van der Waals surface area contributed by atoms with E-state index in [2.05, 4.69) is 17.4 Å². The second-order valence-electron chi connectivity index (χ2n) is 8.01. The number of nitrogens with one attached hydrogen (secondary N) is 1. The molecule has 1 saturated heterocycles. The summed E-state index contributed by atoms with van der Waals surface area (Å²) in [5, 5.41) is 14.8. The summed E-state index contributed by atoms with van der Waals surface area (Å²) in [6, 6.07) is 13.9. The summed E-state index contributed by atoms with van der Waals surface area (Å²) < 4.78 is 0. The zero-order chi connectivity index (χ0) is 19.0. The van der Waals surface area contributed by atoms with Crippen LogP contribution in [0.2, 0.25) is 5.02 Å². The lowest BCUT2D eigenvalue weighted by atomic mass is 9.80. The Bertz CT molecular complexity index is 838. The van der Waals surface area contributed by atoms with Gasteiger partial charge in [0.15, 0.2) is 5.78 Å². The number of Topliss-reactive ketones (excluding diaryl/α,β-unsaturated/α-hetero) is 1. The van der Waals surface area contributed by atoms with E-state index >= 15 is 0 Å². The molecule has 2 aromatic rings. The van der Waals surface area contributed by atoms with E-state index in [0.29, 0.717) is 5.02 Å². The molecule has 2 fully saturated rings. The largest absolute Gasteiger partial charge is 0.377 e. The monoisotopic (exact) mass is 383 g/mol. The average Bonchev–Trinajstić information content (AvgIpc) is 2.81. The van der Waals surface area contributed by atoms with Gasteiger partial charge in [0.05, 0.1) is 11.5 Å². The molecule has 142 valence electrons. The molecule has 2 aromatic carbocycles. The molecule has 4 rings (SSSR count). The molecular formula is C23H26ClNO2. The highest BCUT2D eigenvalue weighted by Crippen LogP contribution is 2.41. The van der Waals surface area contributed by atoms with Gasteiger partial charge in [-0.2, -0.15) is 0 Å². The van der Waals surface area contributed by atoms with Gasteiger partial charge in [-0.25, -0.2) is 0 Å². The molecule has 0 aromatic heterocycles. The molecule has 2 unspecified atom stereocenters. The molecule has 0 radical (unpaired) electrons. The molecule has 1 heterocycles. The first kappa shape index (κ1) is 18.7. The first-order valence-electron chi connectivity index (χ1n) is 9.87. The Hall–Kier alpha value is -1.68. The van der Waals surface area contributed by atoms with Crippen molar-refractivity contribution in [3.05, 3.63) is 58.6 Å². The minimum absolute atomic E-state index is 0.160. The van der Waals surface area contributed by atoms with E-state index in [4.69, 9.17) is 11.6 Å². The van der Waals surface area contributed by atoms with Crippen molar-refractivity contribution in [1.29, 1.82) is 0 Å². The minimum Gasteiger partial charge on any atom is -0.377 e. The van der Waals surface area contributed by atoms with Crippen LogP contribution in [-0.4, -0.2) is 22.7 Å². The van der Waals surface area contributed by atoms with Crippen LogP contribution in [0.1, 0.15) is 55.6 Å². The summed E-state index contributed by atoms with van der Waals surface area (Å²) in [7, 11) is 0. The van der Waals surface area contributed by atoms with Gasteiger partial charge in [-0.15, -0.1) is 0 Å². The van der Waals surface area contributed by atoms with Gasteiger partial charge >= 0.3 is 0 Å². The van der Waals surface area contributed by atoms with E-state index in [1.807, 2.05) is 37.3 Å². The highest BCUT2D eigenvalue weighted by atomic mass is 35.5. The van der Waals surface area contributed by atoms with Gasteiger partial charge in [0, 0.05) is 5.02 Å². The van der Waals surface area contributed by atoms with Crippen molar-refractivity contribution in [1.82, 2.24) is 5.32 Å². The molecule has 4 heteroatoms. The highest BCUT2D eigenvalue weighted by molar-refractivity contribution is 6.30. The van der Waals surface area contributed by atoms with Crippen molar-refractivity contribution in [2.45, 2.75) is 63.1 Å². The second-order valence-corrected chi connectivity index (χ2v) is 8.44. The van der Waals surface area contributed by atoms with E-state index in [1.165, 1.54) is 12.8 Å². The first-order valence-corrected chi connectivity index (χ1v) is 10.2. The van der Waals surface area contributed by atoms with Crippen molar-refractivity contribution in [2.75, 3.05) is 0 Å². The van der Waals surface area contributed by atoms with Crippen LogP contribution >= 0.6 is 11.6 Å². The zero-order valence-corrected chi connectivity index (χ0v) is 16.4. The lowest BCUT2D eigenvalue weighted by molar-refractivity contribution is -0.124. The van der Waals surface area contributed by atoms with E-state index in [9.17, 15) is 9.90 Å². The maximum atomic E-state index is 13.5. The molecule has 0 bridgehead atoms. The van der Waals surface area contributed by atoms with Gasteiger partial charge in [-0.3, -0.25) is 10.1 Å². The predicted molar refractivity (Wildman–Crippen MR) is 109 cm³/mol. The molecule has 2 atom stereocenters. The third-order valence-corrected chi connectivity index (χ3v) is 6.49. The number of aliphatic hydroxyl groups excluding tert-OH is 1. The number of aryl methyl sites for hydroxylation is 1. The molecule has 1 aliphatic heterocycles. The summed E-state index contributed by atoms with van der Waals surface area (Å²) >= 11 is 6.01. The van der Waals surface area contributed by atoms with Gasteiger partial charge in [0.2, 0.25) is 0 Å². The normalized spacial score (nSPS) is 24.9. The van der Waals surface area contributed by atoms with Gasteiger partial charge < -0.3 is 5.11 Å². The third kappa shape index (κ3) is 3.44. The number of hydrogen-bond acceptors (Lipinski definition) is 3. The van der Waals surface area contributed by atoms with E-state index in [1.54, 1.807) is 0 Å². The molecule has 0 amide bonds. The van der Waals surface area contributed by atoms with Crippen LogP contribution < -0.4 is 5.32 Å². The summed E-state index contributed by atoms with van der Waals surface area (Å²) in [5.74, 6) is -0.344. The van der Waals surface area contributed by atoms with Crippen molar-refractivity contribution in [3.63, 3.8) is 0 Å². The number of ketones is 1. The molecule has 1 saturated carbocycles. The minimum atomic E-state index is -0.824. The number of aliphatic hydroxyl groups is 1. The van der Waals surface area contributed by atoms with Crippen molar-refractivity contribution >= 4 is 17.4 Å². The van der Waals surface area contributed by atoms with Crippen molar-refractivity contribution in [3.8, 4) is 11.1 Å². The van der Waals surface area contributed by atoms with Crippen LogP contribution in [0, 0.1) is 6.92 Å². The topological polar surface area (TPSA) is 49.3 Å². The van der Waals surface area contributed by atoms with Gasteiger partial charge in [0.25, 0.3) is 0 Å². The van der Waals surface area contributed by atoms with Crippen molar-refractivity contribution in [2.24, 2.45) is 0 Å². The Balaban J connectivity index is 1.71. The number of benzene rings is 2. The number of carbonyl (C=O) groups is 1. The molecule has 1 aliphatic carbocycles. The zero-order valence-electron chi connectivity index (χ0n) is 15.7. The van der Waals surface area contributed by atoms with Gasteiger partial charge in [0.1, 0.15) is 6.23 Å². The van der Waals surface area contributed by atoms with Crippen LogP contribution in [0.25, 0.3) is 11.1 Å². The summed E-state index contributed by atoms with van der Waals surface area (Å²) in [6.45, 7) is 2.01. The molecule has 3 nitrogen and oxygen atoms in total. The van der Waals surface area contributed by atoms with E-state index in [0.717, 1.165) is 47.9 Å². The standard InChI is InChI=1S/C23H26ClNO2/c1-15-6-7-17(16-8-10-18(24)11-9-16)14-19(15)20-21(26)23(25-22(20)27)12-4-2-3-5-13-23/h6-11,14,20,22,25,27H,2-5,12-13H2,1H3. The Morgan fingerprint density at radius 2 is 1.63 bits per heavy atom. The SMILES string of the molecule is Cc1ccc(-c2ccc(Cl)cc2)cc1C1C(=O)C2(CCCCCC2)NC1O. The van der Waals surface area contributed by atoms with Gasteiger partial charge in [-0.05, 0) is 54.2 Å². The highest BCUT2D eigenvalue weighted by Gasteiger charge is 2.52. The maximum absolute atomic E-state index is 13.5. The lowest BCUT2D eigenvalue weighted by Gasteiger charge is -2.26. The number of carbonyl (C=O) groups excluding carboxylic acids is 1. The van der Waals surface area contributed by atoms with E-state index < -0.39 is 17.7 Å². The fourth-order valence-corrected chi connectivity index (χ4v) is 4.84. The Labute approximate surface area is 165 Å². The smallest absolute Gasteiger partial charge is 0.164 e. The molecule has 2 N–H and O–H groups in total. The van der Waals surface area contributed by atoms with E-state index in [-0.39, 0.29) is 5.78 Å². The number of rotatable bonds is 2. The van der Waals surface area contributed by atoms with Crippen LogP contribution in [-0.2, 0) is 4.79 Å². The fourth-order valence-electron chi connectivity index (χ4n) is 4.71. The third-order valence-electron chi connectivity index (χ3n) is 6.24. The maximum Gasteiger partial charge on any atom is 0.164 e. The second kappa shape index (κ2) is 7.38. The van der Waals surface area contributed by atoms with Crippen LogP contribution in [0.5, 0.6) is 0 Å². The van der Waals surface area contributed by atoms with Crippen molar-refractivity contribution < 1.29 is 9.90 Å². The Kier molecular flexibility index (Phi) is 5.11.